The Morgan fingerprint density at radius 2 is 1.69 bits per heavy atom. The lowest BCUT2D eigenvalue weighted by Gasteiger charge is -2.47. The number of nitrogens with zero attached hydrogens (tertiary/aromatic N) is 2. The van der Waals surface area contributed by atoms with Gasteiger partial charge in [0.15, 0.2) is 18.2 Å². The normalized spacial score (nSPS) is 42.5. The van der Waals surface area contributed by atoms with E-state index in [1.807, 2.05) is 32.8 Å². The van der Waals surface area contributed by atoms with Crippen molar-refractivity contribution in [1.29, 1.82) is 0 Å². The molecule has 14 nitrogen and oxygen atoms in total. The Labute approximate surface area is 290 Å². The first-order chi connectivity index (χ1) is 22.7. The van der Waals surface area contributed by atoms with E-state index in [2.05, 4.69) is 4.99 Å². The lowest BCUT2D eigenvalue weighted by atomic mass is 9.75. The van der Waals surface area contributed by atoms with Gasteiger partial charge in [-0.25, -0.2) is 4.99 Å². The van der Waals surface area contributed by atoms with Crippen molar-refractivity contribution in [3.05, 3.63) is 0 Å². The number of likely N-dealkylation sites (N-methyl/N-ethyl adjacent to an activating group) is 1. The summed E-state index contributed by atoms with van der Waals surface area (Å²) in [5.41, 5.74) is -2.92. The van der Waals surface area contributed by atoms with Crippen molar-refractivity contribution in [1.82, 2.24) is 4.90 Å². The first-order valence-electron chi connectivity index (χ1n) is 17.3. The fraction of sp³-hybridized carbons (Fsp3) is 0.857. The molecule has 0 saturated carbocycles. The van der Waals surface area contributed by atoms with Crippen molar-refractivity contribution >= 4 is 29.3 Å². The van der Waals surface area contributed by atoms with E-state index >= 15 is 0 Å². The Balaban J connectivity index is 2.24. The number of aliphatic imine (C=N–C) groups is 1. The average Bonchev–Trinajstić information content (AvgIpc) is 3.06. The summed E-state index contributed by atoms with van der Waals surface area (Å²) in [4.78, 5) is 57.8. The third-order valence-corrected chi connectivity index (χ3v) is 10.3. The number of rotatable bonds is 5. The number of ether oxygens (including phenoxy) is 6. The molecule has 0 radical (unpaired) electrons. The zero-order valence-electron chi connectivity index (χ0n) is 31.0. The summed E-state index contributed by atoms with van der Waals surface area (Å²) in [6, 6.07) is -0.254. The van der Waals surface area contributed by atoms with Gasteiger partial charge in [-0.05, 0) is 67.0 Å². The standard InChI is InChI=1S/C35H58N2O12/c1-12-27-35(9,43)31(41)21(5)29(36-22(6)38)18(2)15-34(8)28(14-26(20(4)32(42)48-27)44-16-24(40)17-45-34)49-33-30(47-23(7)39)25(37(10)11)13-19(3)46-33/h18-21,25-28,30-31,33,41,43H,12-17H2,1-11H3/t18-,19-,20-,21+,25+,26-,27-,28-,30-,31-,33?,34+,35-/m1/s1. The highest BCUT2D eigenvalue weighted by molar-refractivity contribution is 5.97. The van der Waals surface area contributed by atoms with Gasteiger partial charge in [-0.3, -0.25) is 19.2 Å². The van der Waals surface area contributed by atoms with Crippen LogP contribution in [0.4, 0.5) is 0 Å². The van der Waals surface area contributed by atoms with E-state index in [4.69, 9.17) is 28.4 Å². The molecule has 0 aromatic carbocycles. The third-order valence-electron chi connectivity index (χ3n) is 10.3. The van der Waals surface area contributed by atoms with E-state index in [0.717, 1.165) is 0 Å². The van der Waals surface area contributed by atoms with Gasteiger partial charge in [0.2, 0.25) is 5.91 Å². The van der Waals surface area contributed by atoms with Gasteiger partial charge in [0.25, 0.3) is 0 Å². The minimum Gasteiger partial charge on any atom is -0.459 e. The maximum Gasteiger partial charge on any atom is 0.311 e. The molecule has 3 aliphatic rings. The molecule has 3 saturated heterocycles. The molecule has 3 fully saturated rings. The molecule has 0 aliphatic carbocycles. The summed E-state index contributed by atoms with van der Waals surface area (Å²) >= 11 is 0. The maximum atomic E-state index is 13.7. The number of cyclic esters (lactones) is 1. The number of fused-ring (bicyclic) bond motifs is 3. The smallest absolute Gasteiger partial charge is 0.311 e. The molecule has 2 bridgehead atoms. The Hall–Kier alpha value is -2.33. The van der Waals surface area contributed by atoms with Crippen molar-refractivity contribution in [2.45, 2.75) is 148 Å². The number of hydrogen-bond donors (Lipinski definition) is 2. The monoisotopic (exact) mass is 698 g/mol. The Morgan fingerprint density at radius 1 is 1.04 bits per heavy atom. The number of carbonyl (C=O) groups is 4. The second-order valence-electron chi connectivity index (χ2n) is 14.7. The van der Waals surface area contributed by atoms with Crippen LogP contribution in [0.2, 0.25) is 0 Å². The highest BCUT2D eigenvalue weighted by Gasteiger charge is 2.51. The highest BCUT2D eigenvalue weighted by Crippen LogP contribution is 2.39. The molecule has 1 unspecified atom stereocenters. The minimum absolute atomic E-state index is 0.0327. The van der Waals surface area contributed by atoms with Crippen molar-refractivity contribution in [3.63, 3.8) is 0 Å². The Morgan fingerprint density at radius 3 is 2.27 bits per heavy atom. The zero-order chi connectivity index (χ0) is 37.0. The SMILES string of the molecule is CC[C@H]1OC(=O)[C@H](C)[C@H]2C[C@@H](OC3O[C@H](C)C[C@H](N(C)C)[C@H]3OC(C)=O)[C@](C)(C[C@@H](C)C(=NC(C)=O)[C@H](C)[C@@H](O)[C@]1(C)O)OCC(=O)CO2. The molecule has 13 atom stereocenters. The van der Waals surface area contributed by atoms with Crippen molar-refractivity contribution < 1.29 is 57.8 Å². The predicted octanol–water partition coefficient (Wildman–Crippen LogP) is 2.23. The summed E-state index contributed by atoms with van der Waals surface area (Å²) in [7, 11) is 3.76. The number of aliphatic hydroxyl groups is 2. The fourth-order valence-corrected chi connectivity index (χ4v) is 7.39. The van der Waals surface area contributed by atoms with Gasteiger partial charge < -0.3 is 43.5 Å². The average molecular weight is 699 g/mol. The van der Waals surface area contributed by atoms with Gasteiger partial charge in [0.05, 0.1) is 42.0 Å². The van der Waals surface area contributed by atoms with Crippen LogP contribution in [-0.2, 0) is 47.6 Å². The summed E-state index contributed by atoms with van der Waals surface area (Å²) in [6.07, 6.45) is -5.72. The quantitative estimate of drug-likeness (QED) is 0.400. The van der Waals surface area contributed by atoms with Crippen molar-refractivity contribution in [3.8, 4) is 0 Å². The van der Waals surface area contributed by atoms with Crippen LogP contribution in [0.1, 0.15) is 88.0 Å². The van der Waals surface area contributed by atoms with E-state index in [9.17, 15) is 29.4 Å². The van der Waals surface area contributed by atoms with Gasteiger partial charge in [-0.1, -0.05) is 20.8 Å². The van der Waals surface area contributed by atoms with Crippen LogP contribution in [-0.4, -0.2) is 132 Å². The molecule has 0 aromatic heterocycles. The first-order valence-corrected chi connectivity index (χ1v) is 17.3. The van der Waals surface area contributed by atoms with E-state index in [1.165, 1.54) is 20.8 Å². The van der Waals surface area contributed by atoms with Crippen LogP contribution < -0.4 is 0 Å². The summed E-state index contributed by atoms with van der Waals surface area (Å²) in [5.74, 6) is -4.45. The first kappa shape index (κ1) is 41.1. The fourth-order valence-electron chi connectivity index (χ4n) is 7.39. The number of hydrogen-bond acceptors (Lipinski definition) is 13. The lowest BCUT2D eigenvalue weighted by Crippen LogP contribution is -2.59. The van der Waals surface area contributed by atoms with Crippen LogP contribution in [0, 0.1) is 17.8 Å². The number of aliphatic hydroxyl groups excluding tert-OH is 1. The van der Waals surface area contributed by atoms with Gasteiger partial charge in [0.1, 0.15) is 24.9 Å². The summed E-state index contributed by atoms with van der Waals surface area (Å²) in [6.45, 7) is 13.8. The molecular formula is C35H58N2O12. The van der Waals surface area contributed by atoms with Crippen LogP contribution in [0.3, 0.4) is 0 Å². The molecule has 2 N–H and O–H groups in total. The second kappa shape index (κ2) is 16.8. The number of esters is 2. The minimum atomic E-state index is -1.92. The Kier molecular flexibility index (Phi) is 14.1. The lowest BCUT2D eigenvalue weighted by molar-refractivity contribution is -0.296. The topological polar surface area (TPSA) is 180 Å². The third kappa shape index (κ3) is 9.93. The molecule has 3 aliphatic heterocycles. The largest absolute Gasteiger partial charge is 0.459 e. The predicted molar refractivity (Wildman–Crippen MR) is 178 cm³/mol. The molecule has 49 heavy (non-hydrogen) atoms. The molecule has 280 valence electrons. The van der Waals surface area contributed by atoms with Gasteiger partial charge in [-0.15, -0.1) is 0 Å². The summed E-state index contributed by atoms with van der Waals surface area (Å²) in [5, 5.41) is 23.2. The second-order valence-corrected chi connectivity index (χ2v) is 14.7. The summed E-state index contributed by atoms with van der Waals surface area (Å²) < 4.78 is 37.2. The van der Waals surface area contributed by atoms with Gasteiger partial charge >= 0.3 is 11.9 Å². The van der Waals surface area contributed by atoms with Crippen LogP contribution >= 0.6 is 0 Å². The molecule has 3 heterocycles. The molecule has 0 aromatic rings. The number of Topliss-reactive ketones (excluding diaryl/α,β-unsaturated/α-hetero) is 1. The molecular weight excluding hydrogens is 640 g/mol. The molecule has 3 rings (SSSR count). The van der Waals surface area contributed by atoms with Crippen molar-refractivity contribution in [2.24, 2.45) is 22.7 Å². The van der Waals surface area contributed by atoms with Gasteiger partial charge in [-0.2, -0.15) is 0 Å². The highest BCUT2D eigenvalue weighted by atomic mass is 16.7. The maximum absolute atomic E-state index is 13.7. The van der Waals surface area contributed by atoms with E-state index in [1.54, 1.807) is 27.7 Å². The van der Waals surface area contributed by atoms with Crippen LogP contribution in [0.25, 0.3) is 0 Å². The van der Waals surface area contributed by atoms with Crippen LogP contribution in [0.15, 0.2) is 4.99 Å². The molecule has 1 amide bonds. The molecule has 14 heteroatoms. The number of ketones is 1. The van der Waals surface area contributed by atoms with E-state index in [0.29, 0.717) is 12.1 Å². The van der Waals surface area contributed by atoms with E-state index < -0.39 is 83.6 Å². The number of carbonyl (C=O) groups excluding carboxylic acids is 4. The molecule has 0 spiro atoms. The zero-order valence-corrected chi connectivity index (χ0v) is 31.0. The Bertz CT molecular complexity index is 1220. The van der Waals surface area contributed by atoms with Crippen molar-refractivity contribution in [2.75, 3.05) is 27.3 Å². The van der Waals surface area contributed by atoms with Crippen LogP contribution in [0.5, 0.6) is 0 Å². The number of amides is 1. The van der Waals surface area contributed by atoms with E-state index in [-0.39, 0.29) is 50.4 Å². The van der Waals surface area contributed by atoms with Gasteiger partial charge in [0, 0.05) is 31.9 Å².